The summed E-state index contributed by atoms with van der Waals surface area (Å²) in [5.41, 5.74) is 0. The molecule has 0 N–H and O–H groups in total. The molecular weight excluding hydrogens is 120 g/mol. The Morgan fingerprint density at radius 3 is 2.75 bits per heavy atom. The van der Waals surface area contributed by atoms with Gasteiger partial charge in [0.05, 0.1) is 0 Å². The fraction of sp³-hybridized carbons (Fsp3) is 0.333. The Bertz CT molecular complexity index is 105. The fourth-order valence-electron chi connectivity index (χ4n) is 0.285. The zero-order chi connectivity index (χ0) is 6.24. The van der Waals surface area contributed by atoms with Crippen LogP contribution in [-0.2, 0) is 15.9 Å². The number of hydrogen-bond donors (Lipinski definition) is 0. The van der Waals surface area contributed by atoms with E-state index in [1.54, 1.807) is 0 Å². The molecule has 0 heterocycles. The third-order valence-corrected chi connectivity index (χ3v) is 0.932. The first-order chi connectivity index (χ1) is 3.91. The molecule has 0 aliphatic heterocycles. The third-order valence-electron chi connectivity index (χ3n) is 0.604. The standard InChI is InChI=1S/C6H9OS/c1-2-3-4-5-6-8-7/h2-5H,6H2,1H3/q+1. The van der Waals surface area contributed by atoms with Gasteiger partial charge >= 0.3 is 11.7 Å². The van der Waals surface area contributed by atoms with Crippen molar-refractivity contribution in [2.45, 2.75) is 6.92 Å². The highest BCUT2D eigenvalue weighted by atomic mass is 32.1. The van der Waals surface area contributed by atoms with Crippen molar-refractivity contribution in [3.63, 3.8) is 0 Å². The minimum Gasteiger partial charge on any atom is -0.0877 e. The third kappa shape index (κ3) is 5.50. The lowest BCUT2D eigenvalue weighted by Gasteiger charge is -1.63. The second kappa shape index (κ2) is 6.50. The molecule has 0 aromatic rings. The molecule has 0 rings (SSSR count). The zero-order valence-corrected chi connectivity index (χ0v) is 5.65. The van der Waals surface area contributed by atoms with Crippen LogP contribution in [0.4, 0.5) is 0 Å². The minimum absolute atomic E-state index is 0.560. The van der Waals surface area contributed by atoms with Crippen LogP contribution in [0.15, 0.2) is 24.3 Å². The summed E-state index contributed by atoms with van der Waals surface area (Å²) >= 11 is 0.581. The normalized spacial score (nSPS) is 11.1. The SMILES string of the molecule is CC=CC=CC[S+]=O. The smallest absolute Gasteiger partial charge is 0.0877 e. The van der Waals surface area contributed by atoms with Crippen LogP contribution in [0.2, 0.25) is 0 Å². The highest BCUT2D eigenvalue weighted by Gasteiger charge is 1.84. The molecule has 0 fully saturated rings. The molecule has 0 aromatic carbocycles. The molecule has 0 radical (unpaired) electrons. The van der Waals surface area contributed by atoms with Crippen LogP contribution in [0.1, 0.15) is 6.92 Å². The van der Waals surface area contributed by atoms with Gasteiger partial charge in [0.15, 0.2) is 0 Å². The van der Waals surface area contributed by atoms with Gasteiger partial charge < -0.3 is 0 Å². The van der Waals surface area contributed by atoms with Crippen molar-refractivity contribution in [3.05, 3.63) is 24.3 Å². The topological polar surface area (TPSA) is 17.1 Å². The highest BCUT2D eigenvalue weighted by molar-refractivity contribution is 7.65. The average Bonchev–Trinajstić information content (AvgIpc) is 1.81. The lowest BCUT2D eigenvalue weighted by Crippen LogP contribution is -1.67. The maximum atomic E-state index is 9.73. The molecule has 0 aliphatic carbocycles. The van der Waals surface area contributed by atoms with Crippen LogP contribution in [0.5, 0.6) is 0 Å². The predicted molar refractivity (Wildman–Crippen MR) is 36.9 cm³/mol. The Morgan fingerprint density at radius 2 is 2.25 bits per heavy atom. The Kier molecular flexibility index (Phi) is 6.09. The van der Waals surface area contributed by atoms with E-state index in [1.165, 1.54) is 0 Å². The molecule has 0 aliphatic rings. The molecule has 0 saturated heterocycles. The molecule has 8 heavy (non-hydrogen) atoms. The lowest BCUT2D eigenvalue weighted by atomic mass is 10.5. The summed E-state index contributed by atoms with van der Waals surface area (Å²) in [5, 5.41) is 0. The van der Waals surface area contributed by atoms with Gasteiger partial charge in [-0.25, -0.2) is 0 Å². The number of hydrogen-bond acceptors (Lipinski definition) is 1. The van der Waals surface area contributed by atoms with Gasteiger partial charge in [-0.3, -0.25) is 0 Å². The van der Waals surface area contributed by atoms with Crippen LogP contribution < -0.4 is 0 Å². The molecule has 0 amide bonds. The van der Waals surface area contributed by atoms with Crippen molar-refractivity contribution >= 4 is 11.7 Å². The minimum atomic E-state index is 0.560. The van der Waals surface area contributed by atoms with E-state index in [0.717, 1.165) is 0 Å². The highest BCUT2D eigenvalue weighted by Crippen LogP contribution is 1.74. The van der Waals surface area contributed by atoms with E-state index >= 15 is 0 Å². The van der Waals surface area contributed by atoms with E-state index in [9.17, 15) is 4.21 Å². The van der Waals surface area contributed by atoms with Gasteiger partial charge in [0.25, 0.3) is 0 Å². The Morgan fingerprint density at radius 1 is 1.50 bits per heavy atom. The van der Waals surface area contributed by atoms with E-state index in [2.05, 4.69) is 0 Å². The van der Waals surface area contributed by atoms with Crippen molar-refractivity contribution in [1.29, 1.82) is 0 Å². The summed E-state index contributed by atoms with van der Waals surface area (Å²) in [6.45, 7) is 1.94. The van der Waals surface area contributed by atoms with Gasteiger partial charge in [-0.05, 0) is 13.0 Å². The molecule has 0 spiro atoms. The quantitative estimate of drug-likeness (QED) is 0.417. The maximum Gasteiger partial charge on any atom is 0.463 e. The second-order valence-electron chi connectivity index (χ2n) is 1.24. The fourth-order valence-corrected chi connectivity index (χ4v) is 0.474. The Balaban J connectivity index is 3.19. The summed E-state index contributed by atoms with van der Waals surface area (Å²) in [7, 11) is 0. The molecule has 0 saturated carbocycles. The summed E-state index contributed by atoms with van der Waals surface area (Å²) < 4.78 is 9.73. The average molecular weight is 129 g/mol. The number of rotatable bonds is 3. The molecule has 0 aromatic heterocycles. The van der Waals surface area contributed by atoms with Gasteiger partial charge in [0.1, 0.15) is 0 Å². The van der Waals surface area contributed by atoms with Crippen LogP contribution in [-0.4, -0.2) is 5.75 Å². The van der Waals surface area contributed by atoms with Gasteiger partial charge in [-0.15, -0.1) is 0 Å². The van der Waals surface area contributed by atoms with Gasteiger partial charge in [-0.1, -0.05) is 18.2 Å². The molecule has 2 heteroatoms. The summed E-state index contributed by atoms with van der Waals surface area (Å²) in [4.78, 5) is 0. The lowest BCUT2D eigenvalue weighted by molar-refractivity contribution is 0.606. The first kappa shape index (κ1) is 7.50. The Labute approximate surface area is 53.6 Å². The summed E-state index contributed by atoms with van der Waals surface area (Å²) in [5.74, 6) is 0.560. The van der Waals surface area contributed by atoms with Crippen molar-refractivity contribution < 1.29 is 4.21 Å². The monoisotopic (exact) mass is 129 g/mol. The molecule has 0 bridgehead atoms. The molecule has 0 atom stereocenters. The first-order valence-electron chi connectivity index (χ1n) is 2.44. The van der Waals surface area contributed by atoms with Crippen molar-refractivity contribution in [2.75, 3.05) is 5.75 Å². The van der Waals surface area contributed by atoms with Crippen LogP contribution in [0.3, 0.4) is 0 Å². The van der Waals surface area contributed by atoms with Crippen LogP contribution in [0, 0.1) is 0 Å². The Hall–Kier alpha value is -0.500. The van der Waals surface area contributed by atoms with Crippen LogP contribution in [0.25, 0.3) is 0 Å². The van der Waals surface area contributed by atoms with E-state index in [-0.39, 0.29) is 0 Å². The van der Waals surface area contributed by atoms with Crippen molar-refractivity contribution in [3.8, 4) is 0 Å². The molecule has 0 unspecified atom stereocenters. The summed E-state index contributed by atoms with van der Waals surface area (Å²) in [6, 6.07) is 0. The van der Waals surface area contributed by atoms with Gasteiger partial charge in [0, 0.05) is 4.21 Å². The van der Waals surface area contributed by atoms with Gasteiger partial charge in [-0.2, -0.15) is 0 Å². The zero-order valence-electron chi connectivity index (χ0n) is 4.83. The van der Waals surface area contributed by atoms with Crippen molar-refractivity contribution in [2.24, 2.45) is 0 Å². The van der Waals surface area contributed by atoms with E-state index in [4.69, 9.17) is 0 Å². The first-order valence-corrected chi connectivity index (χ1v) is 3.35. The van der Waals surface area contributed by atoms with Gasteiger partial charge in [0.2, 0.25) is 5.75 Å². The second-order valence-corrected chi connectivity index (χ2v) is 1.81. The summed E-state index contributed by atoms with van der Waals surface area (Å²) in [6.07, 6.45) is 7.52. The molecule has 44 valence electrons. The largest absolute Gasteiger partial charge is 0.463 e. The van der Waals surface area contributed by atoms with E-state index < -0.39 is 0 Å². The number of allylic oxidation sites excluding steroid dienone is 3. The predicted octanol–water partition coefficient (Wildman–Crippen LogP) is 1.55. The molecule has 1 nitrogen and oxygen atoms in total. The van der Waals surface area contributed by atoms with E-state index in [1.807, 2.05) is 31.2 Å². The van der Waals surface area contributed by atoms with E-state index in [0.29, 0.717) is 17.4 Å². The maximum absolute atomic E-state index is 9.73. The van der Waals surface area contributed by atoms with Crippen molar-refractivity contribution in [1.82, 2.24) is 0 Å². The molecular formula is C6H9OS+. The van der Waals surface area contributed by atoms with Crippen LogP contribution >= 0.6 is 0 Å².